The summed E-state index contributed by atoms with van der Waals surface area (Å²) >= 11 is 0. The number of benzene rings is 2. The molecular weight excluding hydrogens is 364 g/mol. The Balaban J connectivity index is 1.65. The summed E-state index contributed by atoms with van der Waals surface area (Å²) in [5, 5.41) is 1.25. The van der Waals surface area contributed by atoms with E-state index in [0.29, 0.717) is 13.2 Å². The minimum absolute atomic E-state index is 0.0169. The second-order valence-corrected chi connectivity index (χ2v) is 7.59. The van der Waals surface area contributed by atoms with Crippen molar-refractivity contribution in [1.29, 1.82) is 0 Å². The maximum Gasteiger partial charge on any atom is 0.312 e. The van der Waals surface area contributed by atoms with Crippen LogP contribution in [-0.4, -0.2) is 36.6 Å². The van der Waals surface area contributed by atoms with Crippen LogP contribution in [0.4, 0.5) is 0 Å². The summed E-state index contributed by atoms with van der Waals surface area (Å²) < 4.78 is 11.3. The van der Waals surface area contributed by atoms with Crippen LogP contribution in [0.3, 0.4) is 0 Å². The summed E-state index contributed by atoms with van der Waals surface area (Å²) in [5.74, 6) is 1.48. The number of methoxy groups -OCH3 is 1. The topological polar surface area (TPSA) is 54.6 Å². The Morgan fingerprint density at radius 2 is 2.10 bits per heavy atom. The van der Waals surface area contributed by atoms with E-state index in [2.05, 4.69) is 48.8 Å². The highest BCUT2D eigenvalue weighted by molar-refractivity contribution is 5.83. The molecule has 151 valence electrons. The number of hydrogen-bond acceptors (Lipinski definition) is 3. The fraction of sp³-hybridized carbons (Fsp3) is 0.375. The molecule has 5 heteroatoms. The van der Waals surface area contributed by atoms with Gasteiger partial charge in [0.15, 0.2) is 11.5 Å². The van der Waals surface area contributed by atoms with Crippen LogP contribution >= 0.6 is 0 Å². The SMILES string of the molecule is CCOc1cc2c(cc1OC)CCN([C]=O)[C@@H]2CCc1c[nH]c2cc(C)ccc12. The molecule has 1 aromatic heterocycles. The number of carbonyl (C=O) groups excluding carboxylic acids is 1. The molecule has 3 aromatic rings. The molecule has 1 radical (unpaired) electrons. The Morgan fingerprint density at radius 1 is 1.24 bits per heavy atom. The summed E-state index contributed by atoms with van der Waals surface area (Å²) in [6.45, 7) is 5.30. The highest BCUT2D eigenvalue weighted by Gasteiger charge is 2.29. The van der Waals surface area contributed by atoms with Crippen molar-refractivity contribution in [2.45, 2.75) is 39.2 Å². The molecule has 1 aliphatic rings. The summed E-state index contributed by atoms with van der Waals surface area (Å²) in [7, 11) is 1.66. The fourth-order valence-corrected chi connectivity index (χ4v) is 4.36. The number of rotatable bonds is 7. The first kappa shape index (κ1) is 19.4. The molecule has 1 atom stereocenters. The van der Waals surface area contributed by atoms with Crippen molar-refractivity contribution in [2.24, 2.45) is 0 Å². The molecule has 0 unspecified atom stereocenters. The van der Waals surface area contributed by atoms with E-state index in [4.69, 9.17) is 9.47 Å². The zero-order valence-electron chi connectivity index (χ0n) is 17.2. The largest absolute Gasteiger partial charge is 0.493 e. The Bertz CT molecular complexity index is 1020. The van der Waals surface area contributed by atoms with Crippen molar-refractivity contribution in [3.05, 3.63) is 58.8 Å². The van der Waals surface area contributed by atoms with Crippen LogP contribution in [0.5, 0.6) is 11.5 Å². The Morgan fingerprint density at radius 3 is 2.86 bits per heavy atom. The Kier molecular flexibility index (Phi) is 5.47. The van der Waals surface area contributed by atoms with Gasteiger partial charge >= 0.3 is 6.41 Å². The minimum atomic E-state index is -0.0169. The van der Waals surface area contributed by atoms with Gasteiger partial charge in [-0.05, 0) is 73.6 Å². The predicted octanol–water partition coefficient (Wildman–Crippen LogP) is 4.48. The molecule has 2 heterocycles. The number of hydrogen-bond donors (Lipinski definition) is 1. The van der Waals surface area contributed by atoms with Crippen LogP contribution < -0.4 is 9.47 Å². The van der Waals surface area contributed by atoms with Crippen molar-refractivity contribution in [3.63, 3.8) is 0 Å². The zero-order chi connectivity index (χ0) is 20.4. The standard InChI is InChI=1S/C24H27N2O3/c1-4-29-24-13-20-17(12-23(24)28-3)9-10-26(15-27)22(20)8-6-18-14-25-21-11-16(2)5-7-19(18)21/h5,7,11-14,22,25H,4,6,8-10H2,1-3H3/t22-/m1/s1. The number of fused-ring (bicyclic) bond motifs is 2. The molecule has 0 bridgehead atoms. The number of aromatic nitrogens is 1. The van der Waals surface area contributed by atoms with Gasteiger partial charge in [-0.3, -0.25) is 4.79 Å². The number of amides is 1. The normalized spacial score (nSPS) is 16.0. The maximum absolute atomic E-state index is 11.7. The lowest BCUT2D eigenvalue weighted by atomic mass is 9.88. The van der Waals surface area contributed by atoms with Crippen LogP contribution in [0, 0.1) is 6.92 Å². The quantitative estimate of drug-likeness (QED) is 0.646. The van der Waals surface area contributed by atoms with Gasteiger partial charge in [-0.2, -0.15) is 0 Å². The second-order valence-electron chi connectivity index (χ2n) is 7.59. The predicted molar refractivity (Wildman–Crippen MR) is 114 cm³/mol. The van der Waals surface area contributed by atoms with Gasteiger partial charge in [-0.1, -0.05) is 12.1 Å². The van der Waals surface area contributed by atoms with Crippen LogP contribution in [-0.2, 0) is 17.6 Å². The van der Waals surface area contributed by atoms with Crippen LogP contribution in [0.1, 0.15) is 41.6 Å². The third kappa shape index (κ3) is 3.69. The van der Waals surface area contributed by atoms with Gasteiger partial charge in [0.25, 0.3) is 0 Å². The first-order valence-electron chi connectivity index (χ1n) is 10.2. The lowest BCUT2D eigenvalue weighted by molar-refractivity contribution is 0.264. The van der Waals surface area contributed by atoms with E-state index in [9.17, 15) is 4.79 Å². The van der Waals surface area contributed by atoms with Crippen molar-refractivity contribution in [3.8, 4) is 11.5 Å². The van der Waals surface area contributed by atoms with Gasteiger partial charge in [-0.25, -0.2) is 0 Å². The first-order chi connectivity index (χ1) is 14.1. The third-order valence-electron chi connectivity index (χ3n) is 5.81. The number of aryl methyl sites for hydroxylation is 2. The van der Waals surface area contributed by atoms with E-state index in [1.165, 1.54) is 22.1 Å². The number of H-pyrrole nitrogens is 1. The molecule has 0 spiro atoms. The van der Waals surface area contributed by atoms with Crippen LogP contribution in [0.25, 0.3) is 10.9 Å². The van der Waals surface area contributed by atoms with Gasteiger partial charge < -0.3 is 19.4 Å². The smallest absolute Gasteiger partial charge is 0.312 e. The van der Waals surface area contributed by atoms with E-state index in [-0.39, 0.29) is 6.04 Å². The van der Waals surface area contributed by atoms with Crippen molar-refractivity contribution in [1.82, 2.24) is 9.88 Å². The summed E-state index contributed by atoms with van der Waals surface area (Å²) in [6, 6.07) is 10.6. The molecule has 29 heavy (non-hydrogen) atoms. The lowest BCUT2D eigenvalue weighted by Crippen LogP contribution is -2.34. The number of nitrogens with zero attached hydrogens (tertiary/aromatic N) is 1. The molecule has 1 amide bonds. The highest BCUT2D eigenvalue weighted by atomic mass is 16.5. The Hall–Kier alpha value is -2.95. The molecule has 0 fully saturated rings. The highest BCUT2D eigenvalue weighted by Crippen LogP contribution is 2.39. The van der Waals surface area contributed by atoms with Gasteiger partial charge in [-0.15, -0.1) is 0 Å². The second kappa shape index (κ2) is 8.19. The molecule has 2 aromatic carbocycles. The summed E-state index contributed by atoms with van der Waals surface area (Å²) in [6.07, 6.45) is 6.75. The van der Waals surface area contributed by atoms with Gasteiger partial charge in [0.1, 0.15) is 0 Å². The van der Waals surface area contributed by atoms with E-state index in [0.717, 1.165) is 41.8 Å². The fourth-order valence-electron chi connectivity index (χ4n) is 4.36. The number of nitrogens with one attached hydrogen (secondary N) is 1. The zero-order valence-corrected chi connectivity index (χ0v) is 17.2. The van der Waals surface area contributed by atoms with Crippen LogP contribution in [0.15, 0.2) is 36.5 Å². The number of ether oxygens (including phenoxy) is 2. The van der Waals surface area contributed by atoms with Crippen LogP contribution in [0.2, 0.25) is 0 Å². The third-order valence-corrected chi connectivity index (χ3v) is 5.81. The van der Waals surface area contributed by atoms with Gasteiger partial charge in [0.2, 0.25) is 0 Å². The van der Waals surface area contributed by atoms with Crippen molar-refractivity contribution < 1.29 is 14.3 Å². The average Bonchev–Trinajstić information content (AvgIpc) is 3.13. The summed E-state index contributed by atoms with van der Waals surface area (Å²) in [5.41, 5.74) is 6.03. The van der Waals surface area contributed by atoms with Gasteiger partial charge in [0.05, 0.1) is 19.8 Å². The molecule has 0 aliphatic carbocycles. The average molecular weight is 391 g/mol. The minimum Gasteiger partial charge on any atom is -0.493 e. The van der Waals surface area contributed by atoms with Crippen molar-refractivity contribution in [2.75, 3.05) is 20.3 Å². The lowest BCUT2D eigenvalue weighted by Gasteiger charge is -2.35. The van der Waals surface area contributed by atoms with E-state index in [1.807, 2.05) is 13.0 Å². The molecule has 4 rings (SSSR count). The van der Waals surface area contributed by atoms with E-state index in [1.54, 1.807) is 12.0 Å². The van der Waals surface area contributed by atoms with Crippen molar-refractivity contribution >= 4 is 17.3 Å². The molecule has 0 saturated carbocycles. The number of aromatic amines is 1. The summed E-state index contributed by atoms with van der Waals surface area (Å²) in [4.78, 5) is 16.8. The van der Waals surface area contributed by atoms with E-state index >= 15 is 0 Å². The van der Waals surface area contributed by atoms with Gasteiger partial charge in [0, 0.05) is 23.6 Å². The van der Waals surface area contributed by atoms with E-state index < -0.39 is 0 Å². The molecule has 1 aliphatic heterocycles. The first-order valence-corrected chi connectivity index (χ1v) is 10.2. The molecular formula is C24H27N2O3. The monoisotopic (exact) mass is 391 g/mol. The molecule has 1 N–H and O–H groups in total. The maximum atomic E-state index is 11.7. The molecule has 5 nitrogen and oxygen atoms in total. The Labute approximate surface area is 171 Å². The molecule has 0 saturated heterocycles.